The van der Waals surface area contributed by atoms with Gasteiger partial charge in [-0.15, -0.1) is 0 Å². The van der Waals surface area contributed by atoms with Gasteiger partial charge in [-0.05, 0) is 30.5 Å². The molecule has 1 unspecified atom stereocenters. The van der Waals surface area contributed by atoms with Crippen molar-refractivity contribution in [3.63, 3.8) is 0 Å². The van der Waals surface area contributed by atoms with Crippen LogP contribution in [0.15, 0.2) is 24.3 Å². The molecule has 3 heteroatoms. The van der Waals surface area contributed by atoms with E-state index >= 15 is 0 Å². The first-order chi connectivity index (χ1) is 9.06. The van der Waals surface area contributed by atoms with E-state index in [9.17, 15) is 0 Å². The van der Waals surface area contributed by atoms with Crippen molar-refractivity contribution in [3.05, 3.63) is 35.4 Å². The van der Waals surface area contributed by atoms with Gasteiger partial charge in [-0.2, -0.15) is 5.26 Å². The quantitative estimate of drug-likeness (QED) is 0.831. The molecule has 0 bridgehead atoms. The summed E-state index contributed by atoms with van der Waals surface area (Å²) in [5.41, 5.74) is 2.97. The maximum atomic E-state index is 8.98. The topological polar surface area (TPSA) is 45.9 Å². The van der Waals surface area contributed by atoms with Crippen LogP contribution in [0.4, 0.5) is 0 Å². The van der Waals surface area contributed by atoms with Crippen LogP contribution in [0.1, 0.15) is 43.7 Å². The second-order valence-corrected chi connectivity index (χ2v) is 5.04. The number of fused-ring (bicyclic) bond motifs is 1. The summed E-state index contributed by atoms with van der Waals surface area (Å²) in [5.74, 6) is 0.913. The zero-order chi connectivity index (χ0) is 14.0. The zero-order valence-corrected chi connectivity index (χ0v) is 11.8. The number of aromatic nitrogens is 1. The highest BCUT2D eigenvalue weighted by molar-refractivity contribution is 5.81. The van der Waals surface area contributed by atoms with Gasteiger partial charge in [0.25, 0.3) is 0 Å². The second kappa shape index (κ2) is 5.27. The lowest BCUT2D eigenvalue weighted by atomic mass is 9.98. The van der Waals surface area contributed by atoms with Crippen molar-refractivity contribution < 1.29 is 4.74 Å². The van der Waals surface area contributed by atoms with Crippen molar-refractivity contribution in [2.24, 2.45) is 0 Å². The average molecular weight is 254 g/mol. The molecular formula is C16H18N2O. The van der Waals surface area contributed by atoms with Gasteiger partial charge in [0.05, 0.1) is 24.6 Å². The molecule has 19 heavy (non-hydrogen) atoms. The van der Waals surface area contributed by atoms with Gasteiger partial charge in [-0.25, -0.2) is 4.98 Å². The van der Waals surface area contributed by atoms with Crippen molar-refractivity contribution in [2.75, 3.05) is 7.11 Å². The van der Waals surface area contributed by atoms with Crippen molar-refractivity contribution in [1.82, 2.24) is 4.98 Å². The molecule has 2 aromatic rings. The van der Waals surface area contributed by atoms with E-state index in [-0.39, 0.29) is 5.92 Å². The standard InChI is InChI=1S/C16H18N2O/c1-10(2)14-7-13-6-5-12(11(3)9-17)8-15(13)18-16(14)19-4/h5-8,10-11H,1-4H3. The summed E-state index contributed by atoms with van der Waals surface area (Å²) < 4.78 is 5.37. The predicted molar refractivity (Wildman–Crippen MR) is 76.4 cm³/mol. The molecule has 0 aliphatic rings. The molecule has 0 fully saturated rings. The molecule has 98 valence electrons. The molecule has 1 heterocycles. The van der Waals surface area contributed by atoms with E-state index in [1.54, 1.807) is 7.11 Å². The summed E-state index contributed by atoms with van der Waals surface area (Å²) in [6.07, 6.45) is 0. The maximum absolute atomic E-state index is 8.98. The Kier molecular flexibility index (Phi) is 3.71. The third kappa shape index (κ3) is 2.53. The lowest BCUT2D eigenvalue weighted by Gasteiger charge is -2.13. The third-order valence-corrected chi connectivity index (χ3v) is 3.34. The Morgan fingerprint density at radius 2 is 1.95 bits per heavy atom. The van der Waals surface area contributed by atoms with E-state index in [0.29, 0.717) is 11.8 Å². The van der Waals surface area contributed by atoms with Gasteiger partial charge in [0.2, 0.25) is 5.88 Å². The molecule has 0 amide bonds. The zero-order valence-electron chi connectivity index (χ0n) is 11.8. The van der Waals surface area contributed by atoms with Gasteiger partial charge in [0.1, 0.15) is 0 Å². The first kappa shape index (κ1) is 13.4. The van der Waals surface area contributed by atoms with E-state index in [1.807, 2.05) is 25.1 Å². The van der Waals surface area contributed by atoms with Crippen LogP contribution in [0.3, 0.4) is 0 Å². The largest absolute Gasteiger partial charge is 0.481 e. The number of nitriles is 1. The van der Waals surface area contributed by atoms with Crippen LogP contribution in [-0.2, 0) is 0 Å². The van der Waals surface area contributed by atoms with Crippen LogP contribution in [0.2, 0.25) is 0 Å². The van der Waals surface area contributed by atoms with Gasteiger partial charge in [0.15, 0.2) is 0 Å². The summed E-state index contributed by atoms with van der Waals surface area (Å²) >= 11 is 0. The number of methoxy groups -OCH3 is 1. The lowest BCUT2D eigenvalue weighted by molar-refractivity contribution is 0.392. The third-order valence-electron chi connectivity index (χ3n) is 3.34. The van der Waals surface area contributed by atoms with E-state index in [0.717, 1.165) is 22.0 Å². The molecule has 2 rings (SSSR count). The Labute approximate surface area is 113 Å². The second-order valence-electron chi connectivity index (χ2n) is 5.04. The summed E-state index contributed by atoms with van der Waals surface area (Å²) in [6.45, 7) is 6.13. The summed E-state index contributed by atoms with van der Waals surface area (Å²) in [7, 11) is 1.64. The Bertz CT molecular complexity index is 641. The molecular weight excluding hydrogens is 236 g/mol. The van der Waals surface area contributed by atoms with Crippen LogP contribution in [0, 0.1) is 11.3 Å². The first-order valence-corrected chi connectivity index (χ1v) is 6.45. The number of benzene rings is 1. The number of ether oxygens (including phenoxy) is 1. The highest BCUT2D eigenvalue weighted by Gasteiger charge is 2.12. The molecule has 3 nitrogen and oxygen atoms in total. The Morgan fingerprint density at radius 1 is 1.21 bits per heavy atom. The molecule has 1 atom stereocenters. The fourth-order valence-electron chi connectivity index (χ4n) is 2.10. The molecule has 0 radical (unpaired) electrons. The smallest absolute Gasteiger partial charge is 0.217 e. The Hall–Kier alpha value is -2.08. The average Bonchev–Trinajstić information content (AvgIpc) is 2.44. The fraction of sp³-hybridized carbons (Fsp3) is 0.375. The molecule has 0 saturated heterocycles. The summed E-state index contributed by atoms with van der Waals surface area (Å²) in [5, 5.41) is 10.1. The van der Waals surface area contributed by atoms with E-state index in [4.69, 9.17) is 10.00 Å². The van der Waals surface area contributed by atoms with Crippen LogP contribution in [0.25, 0.3) is 10.9 Å². The molecule has 0 spiro atoms. The highest BCUT2D eigenvalue weighted by Crippen LogP contribution is 2.29. The monoisotopic (exact) mass is 254 g/mol. The summed E-state index contributed by atoms with van der Waals surface area (Å²) in [4.78, 5) is 4.56. The summed E-state index contributed by atoms with van der Waals surface area (Å²) in [6, 6.07) is 10.4. The number of hydrogen-bond acceptors (Lipinski definition) is 3. The van der Waals surface area contributed by atoms with Crippen molar-refractivity contribution in [3.8, 4) is 11.9 Å². The van der Waals surface area contributed by atoms with Crippen LogP contribution >= 0.6 is 0 Å². The minimum absolute atomic E-state index is 0.123. The Morgan fingerprint density at radius 3 is 2.53 bits per heavy atom. The number of nitrogens with zero attached hydrogens (tertiary/aromatic N) is 2. The fourth-order valence-corrected chi connectivity index (χ4v) is 2.10. The predicted octanol–water partition coefficient (Wildman–Crippen LogP) is 3.99. The van der Waals surface area contributed by atoms with Gasteiger partial charge in [-0.3, -0.25) is 0 Å². The van der Waals surface area contributed by atoms with Crippen LogP contribution in [0.5, 0.6) is 5.88 Å². The van der Waals surface area contributed by atoms with E-state index in [2.05, 4.69) is 31.0 Å². The molecule has 0 aliphatic carbocycles. The van der Waals surface area contributed by atoms with E-state index in [1.165, 1.54) is 0 Å². The number of rotatable bonds is 3. The minimum Gasteiger partial charge on any atom is -0.481 e. The molecule has 0 saturated carbocycles. The molecule has 0 N–H and O–H groups in total. The van der Waals surface area contributed by atoms with Crippen molar-refractivity contribution in [1.29, 1.82) is 5.26 Å². The highest BCUT2D eigenvalue weighted by atomic mass is 16.5. The molecule has 0 aliphatic heterocycles. The maximum Gasteiger partial charge on any atom is 0.217 e. The van der Waals surface area contributed by atoms with Crippen LogP contribution < -0.4 is 4.74 Å². The van der Waals surface area contributed by atoms with Crippen LogP contribution in [-0.4, -0.2) is 12.1 Å². The van der Waals surface area contributed by atoms with Crippen molar-refractivity contribution >= 4 is 10.9 Å². The van der Waals surface area contributed by atoms with Crippen molar-refractivity contribution in [2.45, 2.75) is 32.6 Å². The Balaban J connectivity index is 2.62. The minimum atomic E-state index is -0.123. The number of pyridine rings is 1. The number of hydrogen-bond donors (Lipinski definition) is 0. The van der Waals surface area contributed by atoms with Gasteiger partial charge >= 0.3 is 0 Å². The normalized spacial score (nSPS) is 12.4. The van der Waals surface area contributed by atoms with Gasteiger partial charge < -0.3 is 4.74 Å². The lowest BCUT2D eigenvalue weighted by Crippen LogP contribution is -1.98. The molecule has 1 aromatic heterocycles. The van der Waals surface area contributed by atoms with E-state index < -0.39 is 0 Å². The van der Waals surface area contributed by atoms with Gasteiger partial charge in [0, 0.05) is 10.9 Å². The first-order valence-electron chi connectivity index (χ1n) is 6.45. The van der Waals surface area contributed by atoms with Gasteiger partial charge in [-0.1, -0.05) is 26.0 Å². The SMILES string of the molecule is COc1nc2cc(C(C)C#N)ccc2cc1C(C)C. The molecule has 1 aromatic carbocycles.